The van der Waals surface area contributed by atoms with E-state index in [0.29, 0.717) is 12.6 Å². The lowest BCUT2D eigenvalue weighted by Gasteiger charge is -2.34. The molecule has 0 spiro atoms. The number of nitrogens with one attached hydrogen (secondary N) is 2. The van der Waals surface area contributed by atoms with Crippen LogP contribution in [0.1, 0.15) is 20.8 Å². The van der Waals surface area contributed by atoms with E-state index in [2.05, 4.69) is 22.5 Å². The van der Waals surface area contributed by atoms with Crippen LogP contribution >= 0.6 is 12.4 Å². The molecular formula is C12H23ClN4O2. The Morgan fingerprint density at radius 1 is 1.32 bits per heavy atom. The van der Waals surface area contributed by atoms with Crippen molar-refractivity contribution in [1.82, 2.24) is 20.4 Å². The lowest BCUT2D eigenvalue weighted by atomic mass is 10.1. The molecule has 2 rings (SSSR count). The number of carbonyl (C=O) groups excluding carboxylic acids is 2. The Kier molecular flexibility index (Phi) is 5.18. The molecule has 2 fully saturated rings. The largest absolute Gasteiger partial charge is 0.325 e. The summed E-state index contributed by atoms with van der Waals surface area (Å²) < 4.78 is 0. The normalized spacial score (nSPS) is 27.1. The van der Waals surface area contributed by atoms with Crippen LogP contribution in [0, 0.1) is 0 Å². The summed E-state index contributed by atoms with van der Waals surface area (Å²) in [4.78, 5) is 27.4. The number of piperazine rings is 1. The minimum absolute atomic E-state index is 0. The second kappa shape index (κ2) is 6.07. The van der Waals surface area contributed by atoms with Gasteiger partial charge in [-0.3, -0.25) is 14.6 Å². The van der Waals surface area contributed by atoms with Gasteiger partial charge in [-0.15, -0.1) is 12.4 Å². The maximum atomic E-state index is 12.0. The fourth-order valence-corrected chi connectivity index (χ4v) is 2.46. The van der Waals surface area contributed by atoms with E-state index in [0.717, 1.165) is 26.2 Å². The van der Waals surface area contributed by atoms with Crippen molar-refractivity contribution in [3.05, 3.63) is 0 Å². The van der Waals surface area contributed by atoms with Crippen LogP contribution in [0.2, 0.25) is 0 Å². The van der Waals surface area contributed by atoms with Gasteiger partial charge < -0.3 is 10.6 Å². The van der Waals surface area contributed by atoms with Crippen LogP contribution in [-0.2, 0) is 4.79 Å². The van der Waals surface area contributed by atoms with Gasteiger partial charge >= 0.3 is 6.03 Å². The summed E-state index contributed by atoms with van der Waals surface area (Å²) in [5.74, 6) is -0.129. The Morgan fingerprint density at radius 2 is 2.00 bits per heavy atom. The molecule has 7 heteroatoms. The number of amides is 3. The predicted molar refractivity (Wildman–Crippen MR) is 75.5 cm³/mol. The molecule has 19 heavy (non-hydrogen) atoms. The first-order chi connectivity index (χ1) is 8.42. The van der Waals surface area contributed by atoms with Gasteiger partial charge in [0.2, 0.25) is 0 Å². The molecule has 1 unspecified atom stereocenters. The van der Waals surface area contributed by atoms with Crippen LogP contribution in [0.15, 0.2) is 0 Å². The van der Waals surface area contributed by atoms with Gasteiger partial charge in [0.25, 0.3) is 5.91 Å². The summed E-state index contributed by atoms with van der Waals surface area (Å²) >= 11 is 0. The zero-order chi connectivity index (χ0) is 13.3. The molecule has 2 N–H and O–H groups in total. The molecule has 2 saturated heterocycles. The van der Waals surface area contributed by atoms with Gasteiger partial charge in [-0.05, 0) is 20.8 Å². The quantitative estimate of drug-likeness (QED) is 0.720. The number of halogens is 1. The van der Waals surface area contributed by atoms with Crippen molar-refractivity contribution in [2.75, 3.05) is 32.7 Å². The van der Waals surface area contributed by atoms with Gasteiger partial charge in [0.1, 0.15) is 5.54 Å². The van der Waals surface area contributed by atoms with Crippen LogP contribution in [-0.4, -0.2) is 66.0 Å². The Bertz CT molecular complexity index is 362. The minimum Gasteiger partial charge on any atom is -0.324 e. The van der Waals surface area contributed by atoms with Gasteiger partial charge in [0, 0.05) is 38.8 Å². The fourth-order valence-electron chi connectivity index (χ4n) is 2.46. The summed E-state index contributed by atoms with van der Waals surface area (Å²) in [5, 5.41) is 6.02. The SMILES string of the molecule is CC1CNCCN1CCN1C(=O)NC(C)(C)C1=O.Cl. The number of urea groups is 1. The van der Waals surface area contributed by atoms with Crippen LogP contribution in [0.5, 0.6) is 0 Å². The van der Waals surface area contributed by atoms with Crippen molar-refractivity contribution in [3.8, 4) is 0 Å². The van der Waals surface area contributed by atoms with E-state index in [1.807, 2.05) is 0 Å². The molecule has 0 radical (unpaired) electrons. The average Bonchev–Trinajstić information content (AvgIpc) is 2.49. The molecule has 0 aromatic rings. The Morgan fingerprint density at radius 3 is 2.53 bits per heavy atom. The zero-order valence-electron chi connectivity index (χ0n) is 11.7. The summed E-state index contributed by atoms with van der Waals surface area (Å²) in [5.41, 5.74) is -0.758. The average molecular weight is 291 g/mol. The highest BCUT2D eigenvalue weighted by atomic mass is 35.5. The van der Waals surface area contributed by atoms with Gasteiger partial charge in [-0.25, -0.2) is 4.79 Å². The molecular weight excluding hydrogens is 268 g/mol. The van der Waals surface area contributed by atoms with Crippen molar-refractivity contribution >= 4 is 24.3 Å². The lowest BCUT2D eigenvalue weighted by molar-refractivity contribution is -0.130. The minimum atomic E-state index is -0.758. The van der Waals surface area contributed by atoms with Crippen LogP contribution < -0.4 is 10.6 Å². The topological polar surface area (TPSA) is 64.7 Å². The maximum absolute atomic E-state index is 12.0. The van der Waals surface area contributed by atoms with Crippen LogP contribution in [0.3, 0.4) is 0 Å². The van der Waals surface area contributed by atoms with Crippen molar-refractivity contribution in [1.29, 1.82) is 0 Å². The highest BCUT2D eigenvalue weighted by Gasteiger charge is 2.44. The molecule has 0 aromatic carbocycles. The molecule has 0 bridgehead atoms. The molecule has 1 atom stereocenters. The third kappa shape index (κ3) is 3.38. The number of hydrogen-bond acceptors (Lipinski definition) is 4. The van der Waals surface area contributed by atoms with E-state index in [9.17, 15) is 9.59 Å². The molecule has 2 aliphatic rings. The van der Waals surface area contributed by atoms with E-state index in [-0.39, 0.29) is 24.3 Å². The third-order valence-corrected chi connectivity index (χ3v) is 3.69. The van der Waals surface area contributed by atoms with Crippen molar-refractivity contribution in [2.45, 2.75) is 32.4 Å². The number of rotatable bonds is 3. The molecule has 2 aliphatic heterocycles. The Balaban J connectivity index is 0.00000180. The first-order valence-electron chi connectivity index (χ1n) is 6.51. The first kappa shape index (κ1) is 16.2. The smallest absolute Gasteiger partial charge is 0.324 e. The summed E-state index contributed by atoms with van der Waals surface area (Å²) in [6, 6.07) is 0.181. The number of carbonyl (C=O) groups is 2. The highest BCUT2D eigenvalue weighted by molar-refractivity contribution is 6.06. The Labute approximate surface area is 120 Å². The van der Waals surface area contributed by atoms with Gasteiger partial charge in [-0.2, -0.15) is 0 Å². The second-order valence-corrected chi connectivity index (χ2v) is 5.60. The molecule has 2 heterocycles. The van der Waals surface area contributed by atoms with Gasteiger partial charge in [-0.1, -0.05) is 0 Å². The molecule has 110 valence electrons. The second-order valence-electron chi connectivity index (χ2n) is 5.60. The monoisotopic (exact) mass is 290 g/mol. The third-order valence-electron chi connectivity index (χ3n) is 3.69. The van der Waals surface area contributed by atoms with E-state index in [1.165, 1.54) is 4.90 Å². The summed E-state index contributed by atoms with van der Waals surface area (Å²) in [7, 11) is 0. The van der Waals surface area contributed by atoms with Crippen LogP contribution in [0.25, 0.3) is 0 Å². The van der Waals surface area contributed by atoms with E-state index in [4.69, 9.17) is 0 Å². The zero-order valence-corrected chi connectivity index (χ0v) is 12.5. The standard InChI is InChI=1S/C12H22N4O2.ClH/c1-9-8-13-4-5-15(9)6-7-16-10(17)12(2,3)14-11(16)18;/h9,13H,4-8H2,1-3H3,(H,14,18);1H. The molecule has 6 nitrogen and oxygen atoms in total. The summed E-state index contributed by atoms with van der Waals surface area (Å²) in [6.45, 7) is 9.75. The molecule has 0 aliphatic carbocycles. The molecule has 0 saturated carbocycles. The highest BCUT2D eigenvalue weighted by Crippen LogP contribution is 2.16. The lowest BCUT2D eigenvalue weighted by Crippen LogP contribution is -2.52. The van der Waals surface area contributed by atoms with Crippen molar-refractivity contribution < 1.29 is 9.59 Å². The van der Waals surface area contributed by atoms with Crippen molar-refractivity contribution in [3.63, 3.8) is 0 Å². The van der Waals surface area contributed by atoms with Gasteiger partial charge in [0.05, 0.1) is 0 Å². The fraction of sp³-hybridized carbons (Fsp3) is 0.833. The Hall–Kier alpha value is -0.850. The predicted octanol–water partition coefficient (Wildman–Crippen LogP) is 0.0323. The molecule has 0 aromatic heterocycles. The first-order valence-corrected chi connectivity index (χ1v) is 6.51. The van der Waals surface area contributed by atoms with E-state index >= 15 is 0 Å². The number of nitrogens with zero attached hydrogens (tertiary/aromatic N) is 2. The number of imide groups is 1. The maximum Gasteiger partial charge on any atom is 0.325 e. The van der Waals surface area contributed by atoms with Crippen LogP contribution in [0.4, 0.5) is 4.79 Å². The summed E-state index contributed by atoms with van der Waals surface area (Å²) in [6.07, 6.45) is 0. The van der Waals surface area contributed by atoms with E-state index < -0.39 is 5.54 Å². The number of hydrogen-bond donors (Lipinski definition) is 2. The van der Waals surface area contributed by atoms with E-state index in [1.54, 1.807) is 13.8 Å². The van der Waals surface area contributed by atoms with Gasteiger partial charge in [0.15, 0.2) is 0 Å². The molecule has 3 amide bonds. The van der Waals surface area contributed by atoms with Crippen molar-refractivity contribution in [2.24, 2.45) is 0 Å².